The molecule has 0 aliphatic heterocycles. The molecule has 0 saturated heterocycles. The van der Waals surface area contributed by atoms with Crippen LogP contribution in [0.15, 0.2) is 326 Å². The van der Waals surface area contributed by atoms with E-state index in [1.54, 1.807) is 0 Å². The van der Waals surface area contributed by atoms with Gasteiger partial charge in [-0.1, -0.05) is 200 Å². The quantitative estimate of drug-likeness (QED) is 0.128. The van der Waals surface area contributed by atoms with Crippen molar-refractivity contribution in [1.29, 1.82) is 0 Å². The molecule has 0 radical (unpaired) electrons. The van der Waals surface area contributed by atoms with Crippen molar-refractivity contribution in [3.8, 4) is 39.1 Å². The predicted octanol–water partition coefficient (Wildman–Crippen LogP) is 25.7. The highest BCUT2D eigenvalue weighted by Gasteiger charge is 2.24. The molecule has 0 bridgehead atoms. The van der Waals surface area contributed by atoms with Crippen LogP contribution in [-0.2, 0) is 0 Å². The highest BCUT2D eigenvalue weighted by molar-refractivity contribution is 7.26. The van der Waals surface area contributed by atoms with Gasteiger partial charge in [0.1, 0.15) is 11.2 Å². The standard InChI is InChI=1S/C86H53N3OS2/c1-3-21-60(22-4-1)88(79-50-58-19-7-8-26-66(58)68-27-9-10-28-69(68)79)65-47-59(56-38-42-74-73-31-13-16-36-83(73)91-85(74)51-56)46-64(52-65)87(63-40-43-82-76(53-63)72-30-12-15-35-81(72)90-82)62-25-17-20-57(45-62)67-32-18-33-75-77-48-54(39-44-84(77)92-86(67)75)55-37-41-71-70-29-11-14-34-78(70)89(80(71)49-55)61-23-5-2-6-24-61/h1-53H. The maximum atomic E-state index is 6.55. The normalized spacial score (nSPS) is 11.9. The number of rotatable bonds is 10. The third-order valence-electron chi connectivity index (χ3n) is 18.7. The summed E-state index contributed by atoms with van der Waals surface area (Å²) < 4.78 is 14.0. The Bertz CT molecular complexity index is 6170. The monoisotopic (exact) mass is 1210 g/mol. The first-order chi connectivity index (χ1) is 45.6. The molecule has 0 unspecified atom stereocenters. The first-order valence-electron chi connectivity index (χ1n) is 31.3. The van der Waals surface area contributed by atoms with Crippen molar-refractivity contribution in [3.63, 3.8) is 0 Å². The van der Waals surface area contributed by atoms with Crippen molar-refractivity contribution in [2.45, 2.75) is 0 Å². The van der Waals surface area contributed by atoms with Crippen LogP contribution in [0.25, 0.3) is 145 Å². The molecule has 0 N–H and O–H groups in total. The van der Waals surface area contributed by atoms with Crippen LogP contribution in [0.3, 0.4) is 0 Å². The van der Waals surface area contributed by atoms with Crippen molar-refractivity contribution in [2.75, 3.05) is 9.80 Å². The van der Waals surface area contributed by atoms with Crippen LogP contribution in [0.2, 0.25) is 0 Å². The molecule has 430 valence electrons. The van der Waals surface area contributed by atoms with E-state index >= 15 is 0 Å². The maximum absolute atomic E-state index is 6.55. The summed E-state index contributed by atoms with van der Waals surface area (Å²) >= 11 is 3.73. The summed E-state index contributed by atoms with van der Waals surface area (Å²) in [5.41, 5.74) is 18.5. The van der Waals surface area contributed by atoms with Gasteiger partial charge in [-0.05, 0) is 171 Å². The average molecular weight is 1210 g/mol. The lowest BCUT2D eigenvalue weighted by molar-refractivity contribution is 0.669. The smallest absolute Gasteiger partial charge is 0.135 e. The van der Waals surface area contributed by atoms with Crippen LogP contribution in [-0.4, -0.2) is 4.57 Å². The van der Waals surface area contributed by atoms with Crippen molar-refractivity contribution < 1.29 is 4.42 Å². The van der Waals surface area contributed by atoms with Gasteiger partial charge in [0.2, 0.25) is 0 Å². The summed E-state index contributed by atoms with van der Waals surface area (Å²) in [5, 5.41) is 14.5. The van der Waals surface area contributed by atoms with Crippen molar-refractivity contribution in [1.82, 2.24) is 4.57 Å². The Morgan fingerprint density at radius 2 is 0.859 bits per heavy atom. The van der Waals surface area contributed by atoms with Gasteiger partial charge in [0.15, 0.2) is 0 Å². The fourth-order valence-corrected chi connectivity index (χ4v) is 16.8. The van der Waals surface area contributed by atoms with Crippen molar-refractivity contribution >= 4 is 162 Å². The summed E-state index contributed by atoms with van der Waals surface area (Å²) in [6.07, 6.45) is 0. The fraction of sp³-hybridized carbons (Fsp3) is 0. The number of fused-ring (bicyclic) bond motifs is 15. The first kappa shape index (κ1) is 52.4. The number of furan rings is 1. The largest absolute Gasteiger partial charge is 0.456 e. The van der Waals surface area contributed by atoms with Crippen molar-refractivity contribution in [2.24, 2.45) is 0 Å². The van der Waals surface area contributed by atoms with Gasteiger partial charge in [-0.15, -0.1) is 22.7 Å². The summed E-state index contributed by atoms with van der Waals surface area (Å²) in [7, 11) is 0. The number of nitrogens with zero attached hydrogens (tertiary/aromatic N) is 3. The highest BCUT2D eigenvalue weighted by atomic mass is 32.1. The van der Waals surface area contributed by atoms with Crippen LogP contribution in [0, 0.1) is 0 Å². The Labute approximate surface area is 538 Å². The van der Waals surface area contributed by atoms with Gasteiger partial charge in [-0.25, -0.2) is 0 Å². The SMILES string of the molecule is c1ccc(N(c2cc(-c3ccc4c(c3)sc3ccccc34)cc(N(c3cccc(-c4cccc5c4sc4ccc(-c6ccc7c8ccccc8n(-c8ccccc8)c7c6)cc45)c3)c3ccc4oc5ccccc5c4c3)c2)c2cc3ccccc3c3ccccc23)cc1. The van der Waals surface area contributed by atoms with E-state index < -0.39 is 0 Å². The summed E-state index contributed by atoms with van der Waals surface area (Å²) in [5.74, 6) is 0. The van der Waals surface area contributed by atoms with Crippen LogP contribution in [0.4, 0.5) is 34.1 Å². The molecular formula is C86H53N3OS2. The highest BCUT2D eigenvalue weighted by Crippen LogP contribution is 2.50. The van der Waals surface area contributed by atoms with Crippen molar-refractivity contribution in [3.05, 3.63) is 322 Å². The molecule has 15 aromatic carbocycles. The molecular weight excluding hydrogens is 1160 g/mol. The van der Waals surface area contributed by atoms with Crippen LogP contribution >= 0.6 is 22.7 Å². The van der Waals surface area contributed by atoms with Gasteiger partial charge in [0.05, 0.1) is 16.7 Å². The number of hydrogen-bond donors (Lipinski definition) is 0. The Morgan fingerprint density at radius 1 is 0.261 bits per heavy atom. The Morgan fingerprint density at radius 3 is 1.73 bits per heavy atom. The van der Waals surface area contributed by atoms with Gasteiger partial charge < -0.3 is 18.8 Å². The lowest BCUT2D eigenvalue weighted by Crippen LogP contribution is -2.14. The topological polar surface area (TPSA) is 24.6 Å². The van der Waals surface area contributed by atoms with E-state index in [-0.39, 0.29) is 0 Å². The second-order valence-electron chi connectivity index (χ2n) is 24.0. The zero-order valence-corrected chi connectivity index (χ0v) is 51.3. The van der Waals surface area contributed by atoms with Crippen LogP contribution in [0.1, 0.15) is 0 Å². The molecule has 92 heavy (non-hydrogen) atoms. The molecule has 0 fully saturated rings. The number of benzene rings is 15. The van der Waals surface area contributed by atoms with Gasteiger partial charge in [-0.2, -0.15) is 0 Å². The molecule has 0 saturated carbocycles. The molecule has 0 amide bonds. The summed E-state index contributed by atoms with van der Waals surface area (Å²) in [4.78, 5) is 4.93. The molecule has 4 heterocycles. The molecule has 6 heteroatoms. The van der Waals surface area contributed by atoms with Gasteiger partial charge >= 0.3 is 0 Å². The molecule has 4 aromatic heterocycles. The van der Waals surface area contributed by atoms with E-state index in [4.69, 9.17) is 4.42 Å². The molecule has 0 spiro atoms. The predicted molar refractivity (Wildman–Crippen MR) is 395 cm³/mol. The second-order valence-corrected chi connectivity index (χ2v) is 26.1. The minimum atomic E-state index is 0.851. The maximum Gasteiger partial charge on any atom is 0.135 e. The number of para-hydroxylation sites is 4. The Balaban J connectivity index is 0.811. The van der Waals surface area contributed by atoms with E-state index in [0.29, 0.717) is 0 Å². The van der Waals surface area contributed by atoms with Gasteiger partial charge in [0, 0.05) is 101 Å². The van der Waals surface area contributed by atoms with E-state index in [2.05, 4.69) is 330 Å². The third kappa shape index (κ3) is 8.49. The zero-order valence-electron chi connectivity index (χ0n) is 49.7. The number of hydrogen-bond acceptors (Lipinski definition) is 5. The van der Waals surface area contributed by atoms with E-state index in [1.807, 2.05) is 28.7 Å². The lowest BCUT2D eigenvalue weighted by atomic mass is 9.97. The Kier molecular flexibility index (Phi) is 12.0. The fourth-order valence-electron chi connectivity index (χ4n) is 14.5. The molecule has 4 nitrogen and oxygen atoms in total. The summed E-state index contributed by atoms with van der Waals surface area (Å²) in [6.45, 7) is 0. The van der Waals surface area contributed by atoms with Gasteiger partial charge in [-0.3, -0.25) is 0 Å². The number of anilines is 6. The third-order valence-corrected chi connectivity index (χ3v) is 21.0. The second kappa shape index (κ2) is 21.0. The van der Waals surface area contributed by atoms with E-state index in [0.717, 1.165) is 78.4 Å². The minimum Gasteiger partial charge on any atom is -0.456 e. The van der Waals surface area contributed by atoms with E-state index in [1.165, 1.54) is 100 Å². The van der Waals surface area contributed by atoms with Crippen LogP contribution < -0.4 is 9.80 Å². The minimum absolute atomic E-state index is 0.851. The van der Waals surface area contributed by atoms with Gasteiger partial charge in [0.25, 0.3) is 0 Å². The van der Waals surface area contributed by atoms with E-state index in [9.17, 15) is 0 Å². The summed E-state index contributed by atoms with van der Waals surface area (Å²) in [6, 6.07) is 118. The van der Waals surface area contributed by atoms with Crippen LogP contribution in [0.5, 0.6) is 0 Å². The molecule has 0 aliphatic rings. The molecule has 19 rings (SSSR count). The molecule has 19 aromatic rings. The lowest BCUT2D eigenvalue weighted by Gasteiger charge is -2.31. The number of aromatic nitrogens is 1. The molecule has 0 atom stereocenters. The number of thiophene rings is 2. The molecule has 0 aliphatic carbocycles. The Hall–Kier alpha value is -11.5. The zero-order chi connectivity index (χ0) is 60.4. The first-order valence-corrected chi connectivity index (χ1v) is 32.9. The average Bonchev–Trinajstić information content (AvgIpc) is 1.32.